The van der Waals surface area contributed by atoms with Gasteiger partial charge in [-0.1, -0.05) is 6.42 Å². The molecule has 1 saturated heterocycles. The van der Waals surface area contributed by atoms with E-state index in [4.69, 9.17) is 4.74 Å². The van der Waals surface area contributed by atoms with Crippen molar-refractivity contribution in [3.63, 3.8) is 0 Å². The minimum Gasteiger partial charge on any atom is -0.494 e. The summed E-state index contributed by atoms with van der Waals surface area (Å²) < 4.78 is 32.5. The SMILES string of the molecule is CCOc1ccc(-c2nc(CC(=O)Nc3ccc(S(=O)(=O)N4CCCCC4)cc3)cs2)cc1. The summed E-state index contributed by atoms with van der Waals surface area (Å²) in [6, 6.07) is 14.1. The van der Waals surface area contributed by atoms with Gasteiger partial charge in [-0.2, -0.15) is 4.31 Å². The molecule has 174 valence electrons. The molecule has 9 heteroatoms. The number of piperidine rings is 1. The second-order valence-electron chi connectivity index (χ2n) is 7.82. The summed E-state index contributed by atoms with van der Waals surface area (Å²) in [5.41, 5.74) is 2.21. The molecule has 0 bridgehead atoms. The molecule has 0 saturated carbocycles. The van der Waals surface area contributed by atoms with Crippen LogP contribution in [-0.2, 0) is 21.2 Å². The van der Waals surface area contributed by atoms with Gasteiger partial charge in [0.15, 0.2) is 0 Å². The molecular weight excluding hydrogens is 458 g/mol. The normalized spacial score (nSPS) is 14.7. The highest BCUT2D eigenvalue weighted by molar-refractivity contribution is 7.89. The molecule has 7 nitrogen and oxygen atoms in total. The van der Waals surface area contributed by atoms with Crippen molar-refractivity contribution in [2.24, 2.45) is 0 Å². The van der Waals surface area contributed by atoms with Crippen LogP contribution < -0.4 is 10.1 Å². The Morgan fingerprint density at radius 1 is 1.06 bits per heavy atom. The lowest BCUT2D eigenvalue weighted by atomic mass is 10.2. The maximum absolute atomic E-state index is 12.8. The van der Waals surface area contributed by atoms with Crippen molar-refractivity contribution in [1.82, 2.24) is 9.29 Å². The third-order valence-corrected chi connectivity index (χ3v) is 8.25. The lowest BCUT2D eigenvalue weighted by Crippen LogP contribution is -2.35. The number of hydrogen-bond donors (Lipinski definition) is 1. The molecule has 0 aliphatic carbocycles. The topological polar surface area (TPSA) is 88.6 Å². The Bertz CT molecular complexity index is 1180. The van der Waals surface area contributed by atoms with Crippen LogP contribution in [0, 0.1) is 0 Å². The molecule has 1 aliphatic rings. The molecule has 0 spiro atoms. The van der Waals surface area contributed by atoms with Crippen molar-refractivity contribution in [2.45, 2.75) is 37.5 Å². The number of carbonyl (C=O) groups is 1. The van der Waals surface area contributed by atoms with Gasteiger partial charge >= 0.3 is 0 Å². The third-order valence-electron chi connectivity index (χ3n) is 5.40. The summed E-state index contributed by atoms with van der Waals surface area (Å²) in [5.74, 6) is 0.609. The van der Waals surface area contributed by atoms with E-state index in [1.165, 1.54) is 15.6 Å². The van der Waals surface area contributed by atoms with E-state index in [9.17, 15) is 13.2 Å². The molecule has 0 radical (unpaired) electrons. The number of nitrogens with one attached hydrogen (secondary N) is 1. The van der Waals surface area contributed by atoms with E-state index in [-0.39, 0.29) is 17.2 Å². The van der Waals surface area contributed by atoms with Crippen LogP contribution in [0.3, 0.4) is 0 Å². The molecule has 33 heavy (non-hydrogen) atoms. The second kappa shape index (κ2) is 10.5. The summed E-state index contributed by atoms with van der Waals surface area (Å²) in [4.78, 5) is 17.3. The van der Waals surface area contributed by atoms with Crippen LogP contribution in [0.25, 0.3) is 10.6 Å². The zero-order valence-electron chi connectivity index (χ0n) is 18.5. The summed E-state index contributed by atoms with van der Waals surface area (Å²) in [5, 5.41) is 5.54. The standard InChI is InChI=1S/C24H27N3O4S2/c1-2-31-21-10-6-18(7-11-21)24-26-20(17-32-24)16-23(28)25-19-8-12-22(13-9-19)33(29,30)27-14-4-3-5-15-27/h6-13,17H,2-5,14-16H2,1H3,(H,25,28). The van der Waals surface area contributed by atoms with Crippen LogP contribution in [0.2, 0.25) is 0 Å². The average molecular weight is 486 g/mol. The van der Waals surface area contributed by atoms with E-state index < -0.39 is 10.0 Å². The highest BCUT2D eigenvalue weighted by Crippen LogP contribution is 2.26. The number of anilines is 1. The van der Waals surface area contributed by atoms with E-state index in [1.807, 2.05) is 36.6 Å². The number of aromatic nitrogens is 1. The maximum Gasteiger partial charge on any atom is 0.243 e. The van der Waals surface area contributed by atoms with Crippen LogP contribution >= 0.6 is 11.3 Å². The Labute approximate surface area is 198 Å². The van der Waals surface area contributed by atoms with Crippen molar-refractivity contribution in [2.75, 3.05) is 25.0 Å². The first-order chi connectivity index (χ1) is 16.0. The van der Waals surface area contributed by atoms with Crippen LogP contribution in [0.1, 0.15) is 31.9 Å². The molecule has 1 N–H and O–H groups in total. The Kier molecular flexibility index (Phi) is 7.42. The molecule has 3 aromatic rings. The molecule has 1 amide bonds. The minimum atomic E-state index is -3.48. The zero-order chi connectivity index (χ0) is 23.3. The first kappa shape index (κ1) is 23.4. The number of ether oxygens (including phenoxy) is 1. The molecule has 2 aromatic carbocycles. The smallest absolute Gasteiger partial charge is 0.243 e. The van der Waals surface area contributed by atoms with Gasteiger partial charge in [0.05, 0.1) is 23.6 Å². The largest absolute Gasteiger partial charge is 0.494 e. The first-order valence-electron chi connectivity index (χ1n) is 11.0. The van der Waals surface area contributed by atoms with E-state index in [2.05, 4.69) is 10.3 Å². The third kappa shape index (κ3) is 5.79. The number of sulfonamides is 1. The Balaban J connectivity index is 1.35. The highest BCUT2D eigenvalue weighted by Gasteiger charge is 2.25. The molecule has 1 aliphatic heterocycles. The average Bonchev–Trinajstić information content (AvgIpc) is 3.29. The Morgan fingerprint density at radius 3 is 2.42 bits per heavy atom. The van der Waals surface area contributed by atoms with E-state index in [1.54, 1.807) is 24.3 Å². The van der Waals surface area contributed by atoms with Crippen LogP contribution in [0.5, 0.6) is 5.75 Å². The van der Waals surface area contributed by atoms with Gasteiger partial charge in [0.2, 0.25) is 15.9 Å². The second-order valence-corrected chi connectivity index (χ2v) is 10.6. The molecule has 1 fully saturated rings. The number of nitrogens with zero attached hydrogens (tertiary/aromatic N) is 2. The van der Waals surface area contributed by atoms with Gasteiger partial charge in [-0.25, -0.2) is 13.4 Å². The van der Waals surface area contributed by atoms with E-state index >= 15 is 0 Å². The number of carbonyl (C=O) groups excluding carboxylic acids is 1. The Morgan fingerprint density at radius 2 is 1.76 bits per heavy atom. The molecule has 1 aromatic heterocycles. The lowest BCUT2D eigenvalue weighted by Gasteiger charge is -2.25. The predicted molar refractivity (Wildman–Crippen MR) is 130 cm³/mol. The predicted octanol–water partition coefficient (Wildman–Crippen LogP) is 4.56. The van der Waals surface area contributed by atoms with E-state index in [0.717, 1.165) is 35.6 Å². The fourth-order valence-corrected chi connectivity index (χ4v) is 6.06. The minimum absolute atomic E-state index is 0.140. The molecule has 0 atom stereocenters. The highest BCUT2D eigenvalue weighted by atomic mass is 32.2. The molecule has 4 rings (SSSR count). The summed E-state index contributed by atoms with van der Waals surface area (Å²) in [6.07, 6.45) is 2.99. The fraction of sp³-hybridized carbons (Fsp3) is 0.333. The number of rotatable bonds is 8. The summed E-state index contributed by atoms with van der Waals surface area (Å²) >= 11 is 1.49. The molecule has 2 heterocycles. The monoisotopic (exact) mass is 485 g/mol. The van der Waals surface area contributed by atoms with Crippen molar-refractivity contribution in [3.8, 4) is 16.3 Å². The van der Waals surface area contributed by atoms with Gasteiger partial charge < -0.3 is 10.1 Å². The van der Waals surface area contributed by atoms with Gasteiger partial charge in [0.25, 0.3) is 0 Å². The van der Waals surface area contributed by atoms with Gasteiger partial charge in [-0.15, -0.1) is 11.3 Å². The molecule has 0 unspecified atom stereocenters. The van der Waals surface area contributed by atoms with Gasteiger partial charge in [-0.3, -0.25) is 4.79 Å². The number of benzene rings is 2. The van der Waals surface area contributed by atoms with Crippen molar-refractivity contribution in [1.29, 1.82) is 0 Å². The van der Waals surface area contributed by atoms with Crippen LogP contribution in [0.4, 0.5) is 5.69 Å². The zero-order valence-corrected chi connectivity index (χ0v) is 20.1. The van der Waals surface area contributed by atoms with Crippen LogP contribution in [-0.4, -0.2) is 43.3 Å². The quantitative estimate of drug-likeness (QED) is 0.505. The summed E-state index contributed by atoms with van der Waals surface area (Å²) in [7, 11) is -3.48. The van der Waals surface area contributed by atoms with E-state index in [0.29, 0.717) is 31.1 Å². The Hall–Kier alpha value is -2.75. The number of thiazole rings is 1. The molecular formula is C24H27N3O4S2. The van der Waals surface area contributed by atoms with Gasteiger partial charge in [0.1, 0.15) is 10.8 Å². The van der Waals surface area contributed by atoms with Crippen molar-refractivity contribution < 1.29 is 17.9 Å². The van der Waals surface area contributed by atoms with Crippen molar-refractivity contribution in [3.05, 3.63) is 59.6 Å². The fourth-order valence-electron chi connectivity index (χ4n) is 3.72. The number of hydrogen-bond acceptors (Lipinski definition) is 6. The van der Waals surface area contributed by atoms with Gasteiger partial charge in [0, 0.05) is 29.7 Å². The summed E-state index contributed by atoms with van der Waals surface area (Å²) in [6.45, 7) is 3.69. The maximum atomic E-state index is 12.8. The van der Waals surface area contributed by atoms with Gasteiger partial charge in [-0.05, 0) is 68.3 Å². The van der Waals surface area contributed by atoms with Crippen LogP contribution in [0.15, 0.2) is 58.8 Å². The first-order valence-corrected chi connectivity index (χ1v) is 13.4. The lowest BCUT2D eigenvalue weighted by molar-refractivity contribution is -0.115. The number of amides is 1. The van der Waals surface area contributed by atoms with Crippen molar-refractivity contribution >= 4 is 33.0 Å².